The number of hydrogen-bond donors (Lipinski definition) is 0. The molecule has 0 atom stereocenters. The van der Waals surface area contributed by atoms with Gasteiger partial charge in [0.05, 0.1) is 5.75 Å². The maximum atomic E-state index is 10.8. The zero-order chi connectivity index (χ0) is 10.6. The second-order valence-electron chi connectivity index (χ2n) is 3.25. The van der Waals surface area contributed by atoms with Gasteiger partial charge in [0.25, 0.3) is 0 Å². The van der Waals surface area contributed by atoms with E-state index >= 15 is 0 Å². The lowest BCUT2D eigenvalue weighted by molar-refractivity contribution is 0.609. The Labute approximate surface area is 89.3 Å². The van der Waals surface area contributed by atoms with E-state index in [4.69, 9.17) is 10.7 Å². The van der Waals surface area contributed by atoms with Crippen molar-refractivity contribution < 1.29 is 8.42 Å². The summed E-state index contributed by atoms with van der Waals surface area (Å²) in [6, 6.07) is 7.51. The summed E-state index contributed by atoms with van der Waals surface area (Å²) in [7, 11) is 1.71. The Morgan fingerprint density at radius 3 is 2.07 bits per heavy atom. The zero-order valence-corrected chi connectivity index (χ0v) is 9.61. The highest BCUT2D eigenvalue weighted by atomic mass is 35.7. The van der Waals surface area contributed by atoms with Crippen molar-refractivity contribution in [1.29, 1.82) is 0 Å². The molecular weight excluding hydrogens is 220 g/mol. The summed E-state index contributed by atoms with van der Waals surface area (Å²) in [5.74, 6) is -0.0963. The van der Waals surface area contributed by atoms with Crippen molar-refractivity contribution in [2.75, 3.05) is 0 Å². The van der Waals surface area contributed by atoms with Crippen molar-refractivity contribution in [2.45, 2.75) is 25.5 Å². The van der Waals surface area contributed by atoms with Gasteiger partial charge in [-0.1, -0.05) is 37.6 Å². The molecule has 0 N–H and O–H groups in total. The molecule has 0 saturated heterocycles. The summed E-state index contributed by atoms with van der Waals surface area (Å²) in [6.45, 7) is 2.11. The van der Waals surface area contributed by atoms with Crippen LogP contribution in [0, 0.1) is 0 Å². The molecule has 1 aromatic carbocycles. The maximum absolute atomic E-state index is 10.8. The van der Waals surface area contributed by atoms with Gasteiger partial charge in [-0.05, 0) is 17.5 Å². The van der Waals surface area contributed by atoms with Gasteiger partial charge in [-0.3, -0.25) is 0 Å². The lowest BCUT2D eigenvalue weighted by Crippen LogP contribution is -1.95. The van der Waals surface area contributed by atoms with Gasteiger partial charge in [-0.25, -0.2) is 8.42 Å². The van der Waals surface area contributed by atoms with Crippen molar-refractivity contribution in [1.82, 2.24) is 0 Å². The Kier molecular flexibility index (Phi) is 3.96. The van der Waals surface area contributed by atoms with Crippen LogP contribution in [0.3, 0.4) is 0 Å². The SMILES string of the molecule is CCCc1ccc(CS(=O)(=O)Cl)cc1. The molecule has 0 spiro atoms. The molecule has 0 aliphatic carbocycles. The third-order valence-corrected chi connectivity index (χ3v) is 2.91. The molecule has 0 bridgehead atoms. The molecule has 0 aliphatic rings. The van der Waals surface area contributed by atoms with Crippen molar-refractivity contribution in [3.05, 3.63) is 35.4 Å². The monoisotopic (exact) mass is 232 g/mol. The Hall–Kier alpha value is -0.540. The second kappa shape index (κ2) is 4.80. The summed E-state index contributed by atoms with van der Waals surface area (Å²) >= 11 is 0. The van der Waals surface area contributed by atoms with E-state index in [-0.39, 0.29) is 5.75 Å². The van der Waals surface area contributed by atoms with E-state index in [1.807, 2.05) is 24.3 Å². The highest BCUT2D eigenvalue weighted by Gasteiger charge is 2.06. The molecule has 14 heavy (non-hydrogen) atoms. The van der Waals surface area contributed by atoms with E-state index in [9.17, 15) is 8.42 Å². The van der Waals surface area contributed by atoms with Gasteiger partial charge in [-0.2, -0.15) is 0 Å². The summed E-state index contributed by atoms with van der Waals surface area (Å²) < 4.78 is 21.6. The topological polar surface area (TPSA) is 34.1 Å². The van der Waals surface area contributed by atoms with Gasteiger partial charge in [-0.15, -0.1) is 0 Å². The van der Waals surface area contributed by atoms with E-state index < -0.39 is 9.05 Å². The Morgan fingerprint density at radius 1 is 1.14 bits per heavy atom. The predicted octanol–water partition coefficient (Wildman–Crippen LogP) is 2.71. The molecule has 78 valence electrons. The molecular formula is C10H13ClO2S. The maximum Gasteiger partial charge on any atom is 0.236 e. The van der Waals surface area contributed by atoms with E-state index in [0.29, 0.717) is 0 Å². The van der Waals surface area contributed by atoms with Crippen molar-refractivity contribution >= 4 is 19.7 Å². The summed E-state index contributed by atoms with van der Waals surface area (Å²) in [5, 5.41) is 0. The molecule has 0 radical (unpaired) electrons. The molecule has 0 amide bonds. The fourth-order valence-corrected chi connectivity index (χ4v) is 2.26. The van der Waals surface area contributed by atoms with Gasteiger partial charge in [0.2, 0.25) is 9.05 Å². The first-order valence-corrected chi connectivity index (χ1v) is 6.99. The standard InChI is InChI=1S/C10H13ClO2S/c1-2-3-9-4-6-10(7-5-9)8-14(11,12)13/h4-7H,2-3,8H2,1H3. The van der Waals surface area contributed by atoms with Crippen LogP contribution in [0.5, 0.6) is 0 Å². The molecule has 0 heterocycles. The van der Waals surface area contributed by atoms with Gasteiger partial charge < -0.3 is 0 Å². The van der Waals surface area contributed by atoms with Crippen LogP contribution in [0.25, 0.3) is 0 Å². The van der Waals surface area contributed by atoms with Crippen LogP contribution in [-0.2, 0) is 21.2 Å². The van der Waals surface area contributed by atoms with Crippen LogP contribution in [0.4, 0.5) is 0 Å². The average Bonchev–Trinajstić information content (AvgIpc) is 2.06. The molecule has 0 saturated carbocycles. The Bertz CT molecular complexity index is 381. The first kappa shape index (κ1) is 11.5. The molecule has 4 heteroatoms. The lowest BCUT2D eigenvalue weighted by atomic mass is 10.1. The number of aryl methyl sites for hydroxylation is 1. The van der Waals surface area contributed by atoms with Crippen molar-refractivity contribution in [3.63, 3.8) is 0 Å². The molecule has 0 aromatic heterocycles. The van der Waals surface area contributed by atoms with E-state index in [2.05, 4.69) is 6.92 Å². The van der Waals surface area contributed by atoms with Crippen LogP contribution in [0.2, 0.25) is 0 Å². The molecule has 1 rings (SSSR count). The van der Waals surface area contributed by atoms with Crippen molar-refractivity contribution in [3.8, 4) is 0 Å². The number of rotatable bonds is 4. The summed E-state index contributed by atoms with van der Waals surface area (Å²) in [6.07, 6.45) is 2.11. The fraction of sp³-hybridized carbons (Fsp3) is 0.400. The quantitative estimate of drug-likeness (QED) is 0.748. The van der Waals surface area contributed by atoms with Crippen molar-refractivity contribution in [2.24, 2.45) is 0 Å². The molecule has 0 unspecified atom stereocenters. The normalized spacial score (nSPS) is 11.6. The molecule has 0 aliphatic heterocycles. The minimum atomic E-state index is -3.43. The van der Waals surface area contributed by atoms with E-state index in [0.717, 1.165) is 18.4 Å². The second-order valence-corrected chi connectivity index (χ2v) is 6.03. The van der Waals surface area contributed by atoms with Crippen LogP contribution >= 0.6 is 10.7 Å². The van der Waals surface area contributed by atoms with Gasteiger partial charge in [0.15, 0.2) is 0 Å². The lowest BCUT2D eigenvalue weighted by Gasteiger charge is -2.00. The Morgan fingerprint density at radius 2 is 1.64 bits per heavy atom. The smallest absolute Gasteiger partial charge is 0.212 e. The largest absolute Gasteiger partial charge is 0.236 e. The van der Waals surface area contributed by atoms with E-state index in [1.54, 1.807) is 0 Å². The van der Waals surface area contributed by atoms with Gasteiger partial charge >= 0.3 is 0 Å². The Balaban J connectivity index is 2.74. The fourth-order valence-electron chi connectivity index (χ4n) is 1.29. The third kappa shape index (κ3) is 4.11. The molecule has 2 nitrogen and oxygen atoms in total. The zero-order valence-electron chi connectivity index (χ0n) is 8.03. The molecule has 1 aromatic rings. The highest BCUT2D eigenvalue weighted by molar-refractivity contribution is 8.13. The summed E-state index contributed by atoms with van der Waals surface area (Å²) in [5.41, 5.74) is 1.96. The summed E-state index contributed by atoms with van der Waals surface area (Å²) in [4.78, 5) is 0. The number of hydrogen-bond acceptors (Lipinski definition) is 2. The average molecular weight is 233 g/mol. The van der Waals surface area contributed by atoms with Crippen LogP contribution in [0.1, 0.15) is 24.5 Å². The first-order chi connectivity index (χ1) is 6.51. The molecule has 0 fully saturated rings. The number of benzene rings is 1. The highest BCUT2D eigenvalue weighted by Crippen LogP contribution is 2.11. The first-order valence-electron chi connectivity index (χ1n) is 4.51. The van der Waals surface area contributed by atoms with E-state index in [1.165, 1.54) is 5.56 Å². The van der Waals surface area contributed by atoms with Crippen LogP contribution < -0.4 is 0 Å². The predicted molar refractivity (Wildman–Crippen MR) is 58.9 cm³/mol. The van der Waals surface area contributed by atoms with Crippen LogP contribution in [-0.4, -0.2) is 8.42 Å². The minimum absolute atomic E-state index is 0.0963. The number of halogens is 1. The minimum Gasteiger partial charge on any atom is -0.212 e. The third-order valence-electron chi connectivity index (χ3n) is 1.90. The van der Waals surface area contributed by atoms with Gasteiger partial charge in [0, 0.05) is 10.7 Å². The van der Waals surface area contributed by atoms with Gasteiger partial charge in [0.1, 0.15) is 0 Å². The van der Waals surface area contributed by atoms with Crippen LogP contribution in [0.15, 0.2) is 24.3 Å².